The van der Waals surface area contributed by atoms with Crippen molar-refractivity contribution in [1.29, 1.82) is 0 Å². The number of anilines is 3. The Labute approximate surface area is 482 Å². The molecule has 0 bridgehead atoms. The van der Waals surface area contributed by atoms with E-state index in [1.165, 1.54) is 93.4 Å². The van der Waals surface area contributed by atoms with E-state index in [1.54, 1.807) is 0 Å². The monoisotopic (exact) mass is 1060 g/mol. The van der Waals surface area contributed by atoms with Gasteiger partial charge in [-0.05, 0) is 175 Å². The van der Waals surface area contributed by atoms with Crippen LogP contribution in [0.5, 0.6) is 0 Å². The Kier molecular flexibility index (Phi) is 11.7. The fourth-order valence-electron chi connectivity index (χ4n) is 12.9. The lowest BCUT2D eigenvalue weighted by Crippen LogP contribution is -2.10. The quantitative estimate of drug-likeness (QED) is 0.136. The third-order valence-electron chi connectivity index (χ3n) is 17.1. The highest BCUT2D eigenvalue weighted by Crippen LogP contribution is 2.42. The van der Waals surface area contributed by atoms with E-state index >= 15 is 0 Å². The topological polar surface area (TPSA) is 21.3 Å². The van der Waals surface area contributed by atoms with Crippen LogP contribution in [-0.2, 0) is 0 Å². The SMILES string of the molecule is C1=CC(c2cccc3c2oc2ccccc23)=CC(c2ccc(N(c3ccc(-c4cccc(-n5c6ccccc6c6ccccc65)c4)cc3)c3ccc(-c4ccc5ccc(-c6ccc7ccc(-c8ccccc8)cc7c6)cc5c4)cc3)cc2)C1. The molecule has 0 radical (unpaired) electrons. The number of allylic oxidation sites excluding steroid dienone is 4. The summed E-state index contributed by atoms with van der Waals surface area (Å²) in [4.78, 5) is 2.38. The summed E-state index contributed by atoms with van der Waals surface area (Å²) >= 11 is 0. The van der Waals surface area contributed by atoms with E-state index in [0.29, 0.717) is 0 Å². The number of hydrogen-bond acceptors (Lipinski definition) is 2. The Morgan fingerprint density at radius 3 is 1.41 bits per heavy atom. The lowest BCUT2D eigenvalue weighted by molar-refractivity contribution is 0.667. The summed E-state index contributed by atoms with van der Waals surface area (Å²) in [6, 6.07) is 106. The van der Waals surface area contributed by atoms with Gasteiger partial charge in [0.05, 0.1) is 11.0 Å². The van der Waals surface area contributed by atoms with Gasteiger partial charge in [-0.15, -0.1) is 0 Å². The second-order valence-electron chi connectivity index (χ2n) is 22.0. The molecule has 2 aromatic heterocycles. The number of nitrogens with zero attached hydrogens (tertiary/aromatic N) is 2. The molecule has 16 rings (SSSR count). The van der Waals surface area contributed by atoms with Crippen molar-refractivity contribution in [2.24, 2.45) is 0 Å². The number of fused-ring (bicyclic) bond motifs is 8. The number of aromatic nitrogens is 1. The highest BCUT2D eigenvalue weighted by Gasteiger charge is 2.20. The van der Waals surface area contributed by atoms with Gasteiger partial charge in [0.25, 0.3) is 0 Å². The van der Waals surface area contributed by atoms with Gasteiger partial charge in [-0.25, -0.2) is 0 Å². The maximum atomic E-state index is 6.50. The molecule has 15 aromatic rings. The van der Waals surface area contributed by atoms with Gasteiger partial charge in [-0.3, -0.25) is 0 Å². The molecule has 1 aliphatic rings. The summed E-state index contributed by atoms with van der Waals surface area (Å²) in [5.41, 5.74) is 21.8. The number of para-hydroxylation sites is 4. The van der Waals surface area contributed by atoms with Gasteiger partial charge in [0, 0.05) is 55.8 Å². The van der Waals surface area contributed by atoms with Crippen LogP contribution in [0, 0.1) is 0 Å². The largest absolute Gasteiger partial charge is 0.455 e. The summed E-state index contributed by atoms with van der Waals surface area (Å²) in [6.45, 7) is 0. The first kappa shape index (κ1) is 48.2. The van der Waals surface area contributed by atoms with Crippen LogP contribution in [0.2, 0.25) is 0 Å². The summed E-state index contributed by atoms with van der Waals surface area (Å²) in [5, 5.41) is 9.72. The first-order chi connectivity index (χ1) is 41.1. The van der Waals surface area contributed by atoms with Crippen LogP contribution in [-0.4, -0.2) is 4.57 Å². The molecular weight excluding hydrogens is 1000 g/mol. The molecule has 0 saturated heterocycles. The molecule has 390 valence electrons. The zero-order valence-corrected chi connectivity index (χ0v) is 45.5. The lowest BCUT2D eigenvalue weighted by atomic mass is 9.87. The predicted molar refractivity (Wildman–Crippen MR) is 350 cm³/mol. The van der Waals surface area contributed by atoms with Crippen molar-refractivity contribution in [1.82, 2.24) is 4.57 Å². The van der Waals surface area contributed by atoms with Gasteiger partial charge in [-0.2, -0.15) is 0 Å². The molecular formula is C80H54N2O. The van der Waals surface area contributed by atoms with Crippen molar-refractivity contribution >= 4 is 87.9 Å². The second-order valence-corrected chi connectivity index (χ2v) is 22.0. The Hall–Kier alpha value is -10.7. The van der Waals surface area contributed by atoms with Crippen LogP contribution >= 0.6 is 0 Å². The number of hydrogen-bond donors (Lipinski definition) is 0. The third kappa shape index (κ3) is 8.70. The molecule has 0 spiro atoms. The molecule has 1 unspecified atom stereocenters. The molecule has 1 atom stereocenters. The van der Waals surface area contributed by atoms with Gasteiger partial charge in [-0.1, -0.05) is 218 Å². The van der Waals surface area contributed by atoms with Crippen molar-refractivity contribution in [2.45, 2.75) is 12.3 Å². The number of benzene rings is 13. The molecule has 1 aliphatic carbocycles. The molecule has 0 fully saturated rings. The Morgan fingerprint density at radius 2 is 0.807 bits per heavy atom. The van der Waals surface area contributed by atoms with Crippen LogP contribution in [0.15, 0.2) is 314 Å². The van der Waals surface area contributed by atoms with Gasteiger partial charge >= 0.3 is 0 Å². The van der Waals surface area contributed by atoms with E-state index in [9.17, 15) is 0 Å². The molecule has 0 saturated carbocycles. The summed E-state index contributed by atoms with van der Waals surface area (Å²) < 4.78 is 8.89. The Morgan fingerprint density at radius 1 is 0.349 bits per heavy atom. The minimum atomic E-state index is 0.215. The number of rotatable bonds is 10. The summed E-state index contributed by atoms with van der Waals surface area (Å²) in [7, 11) is 0. The van der Waals surface area contributed by atoms with Gasteiger partial charge in [0.1, 0.15) is 11.2 Å². The van der Waals surface area contributed by atoms with E-state index in [1.807, 2.05) is 6.07 Å². The average Bonchev–Trinajstić information content (AvgIpc) is 4.28. The molecule has 13 aromatic carbocycles. The van der Waals surface area contributed by atoms with E-state index in [-0.39, 0.29) is 5.92 Å². The molecule has 3 heteroatoms. The van der Waals surface area contributed by atoms with Crippen molar-refractivity contribution in [3.63, 3.8) is 0 Å². The van der Waals surface area contributed by atoms with E-state index in [0.717, 1.165) is 62.2 Å². The second kappa shape index (κ2) is 20.1. The molecule has 83 heavy (non-hydrogen) atoms. The molecule has 0 aliphatic heterocycles. The zero-order valence-electron chi connectivity index (χ0n) is 45.5. The van der Waals surface area contributed by atoms with Crippen molar-refractivity contribution < 1.29 is 4.42 Å². The highest BCUT2D eigenvalue weighted by molar-refractivity contribution is 6.10. The van der Waals surface area contributed by atoms with E-state index in [4.69, 9.17) is 4.42 Å². The Balaban J connectivity index is 0.732. The van der Waals surface area contributed by atoms with Crippen molar-refractivity contribution in [3.05, 3.63) is 321 Å². The molecule has 3 nitrogen and oxygen atoms in total. The minimum absolute atomic E-state index is 0.215. The highest BCUT2D eigenvalue weighted by atomic mass is 16.3. The van der Waals surface area contributed by atoms with Crippen molar-refractivity contribution in [2.75, 3.05) is 4.90 Å². The smallest absolute Gasteiger partial charge is 0.143 e. The fraction of sp³-hybridized carbons (Fsp3) is 0.0250. The van der Waals surface area contributed by atoms with Crippen LogP contribution in [0.4, 0.5) is 17.1 Å². The van der Waals surface area contributed by atoms with Gasteiger partial charge in [0.2, 0.25) is 0 Å². The summed E-state index contributed by atoms with van der Waals surface area (Å²) in [6.07, 6.45) is 7.91. The molecule has 0 amide bonds. The standard InChI is InChI=1S/C80H54N2O/c1-2-13-53(14-3-1)61-31-27-57-29-33-63(50-66(57)48-61)64-34-30-58-28-32-62(49-67(58)51-64)56-39-45-70(46-40-56)81(68-41-35-54(36-42-68)59-15-10-17-65(47-59)72-22-12-23-76-75-21-6-9-26-79(75)83-80(72)76)69-43-37-55(38-44-69)60-16-11-18-71(52-60)82-77-24-7-4-19-73(77)74-20-5-8-25-78(74)82/h1-14,16-52,59H,15H2. The summed E-state index contributed by atoms with van der Waals surface area (Å²) in [5.74, 6) is 0.215. The zero-order chi connectivity index (χ0) is 54.8. The first-order valence-corrected chi connectivity index (χ1v) is 28.7. The first-order valence-electron chi connectivity index (χ1n) is 28.7. The van der Waals surface area contributed by atoms with E-state index < -0.39 is 0 Å². The van der Waals surface area contributed by atoms with Crippen LogP contribution in [0.3, 0.4) is 0 Å². The normalized spacial score (nSPS) is 13.4. The minimum Gasteiger partial charge on any atom is -0.455 e. The average molecular weight is 1060 g/mol. The van der Waals surface area contributed by atoms with Gasteiger partial charge in [0.15, 0.2) is 0 Å². The molecule has 2 heterocycles. The van der Waals surface area contributed by atoms with Crippen LogP contribution < -0.4 is 4.90 Å². The lowest BCUT2D eigenvalue weighted by Gasteiger charge is -2.27. The third-order valence-corrected chi connectivity index (χ3v) is 17.1. The maximum Gasteiger partial charge on any atom is 0.143 e. The Bertz CT molecular complexity index is 4990. The number of furan rings is 1. The van der Waals surface area contributed by atoms with Crippen LogP contribution in [0.1, 0.15) is 23.5 Å². The maximum absolute atomic E-state index is 6.50. The van der Waals surface area contributed by atoms with E-state index in [2.05, 4.69) is 313 Å². The van der Waals surface area contributed by atoms with Gasteiger partial charge < -0.3 is 13.9 Å². The fourth-order valence-corrected chi connectivity index (χ4v) is 12.9. The molecule has 0 N–H and O–H groups in total. The van der Waals surface area contributed by atoms with Crippen molar-refractivity contribution in [3.8, 4) is 50.2 Å². The van der Waals surface area contributed by atoms with Crippen LogP contribution in [0.25, 0.3) is 121 Å². The predicted octanol–water partition coefficient (Wildman–Crippen LogP) is 22.3.